The summed E-state index contributed by atoms with van der Waals surface area (Å²) in [6.45, 7) is 7.61. The molecule has 1 heterocycles. The lowest BCUT2D eigenvalue weighted by Gasteiger charge is -2.44. The quantitative estimate of drug-likeness (QED) is 0.533. The van der Waals surface area contributed by atoms with Gasteiger partial charge in [0.15, 0.2) is 0 Å². The summed E-state index contributed by atoms with van der Waals surface area (Å²) in [4.78, 5) is 24.2. The highest BCUT2D eigenvalue weighted by Gasteiger charge is 2.67. The molecule has 5 unspecified atom stereocenters. The van der Waals surface area contributed by atoms with Gasteiger partial charge in [-0.15, -0.1) is 0 Å². The van der Waals surface area contributed by atoms with Gasteiger partial charge >= 0.3 is 5.97 Å². The molecule has 3 aliphatic rings. The Morgan fingerprint density at radius 3 is 2.74 bits per heavy atom. The molecule has 0 radical (unpaired) electrons. The lowest BCUT2D eigenvalue weighted by molar-refractivity contribution is -0.150. The standard InChI is InChI=1S/C15H20O4/c1-8-4-5-10-12(9(2)13(17)19-10)14(3)11(16)6-7-15(8,14)18/h8,10,12,18H,2,4-7H2,1,3H3. The van der Waals surface area contributed by atoms with Gasteiger partial charge in [-0.25, -0.2) is 4.79 Å². The van der Waals surface area contributed by atoms with Crippen LogP contribution in [0.15, 0.2) is 12.2 Å². The first kappa shape index (κ1) is 12.9. The third-order valence-electron chi connectivity index (χ3n) is 5.80. The van der Waals surface area contributed by atoms with Gasteiger partial charge in [0.2, 0.25) is 0 Å². The smallest absolute Gasteiger partial charge is 0.334 e. The van der Waals surface area contributed by atoms with Gasteiger partial charge in [-0.2, -0.15) is 0 Å². The first-order valence-corrected chi connectivity index (χ1v) is 6.98. The van der Waals surface area contributed by atoms with E-state index < -0.39 is 17.0 Å². The minimum atomic E-state index is -1.04. The van der Waals surface area contributed by atoms with Crippen LogP contribution < -0.4 is 0 Å². The van der Waals surface area contributed by atoms with Crippen LogP contribution >= 0.6 is 0 Å². The van der Waals surface area contributed by atoms with Gasteiger partial charge in [0, 0.05) is 17.9 Å². The largest absolute Gasteiger partial charge is 0.458 e. The van der Waals surface area contributed by atoms with Crippen molar-refractivity contribution in [3.63, 3.8) is 0 Å². The predicted octanol–water partition coefficient (Wildman–Crippen LogP) is 1.61. The van der Waals surface area contributed by atoms with E-state index in [0.29, 0.717) is 24.8 Å². The van der Waals surface area contributed by atoms with Crippen molar-refractivity contribution in [2.24, 2.45) is 17.3 Å². The van der Waals surface area contributed by atoms with Crippen LogP contribution in [0.5, 0.6) is 0 Å². The number of fused-ring (bicyclic) bond motifs is 3. The minimum absolute atomic E-state index is 0.0288. The van der Waals surface area contributed by atoms with Crippen molar-refractivity contribution in [2.45, 2.75) is 51.2 Å². The second kappa shape index (κ2) is 3.69. The maximum Gasteiger partial charge on any atom is 0.334 e. The van der Waals surface area contributed by atoms with E-state index in [1.807, 2.05) is 6.92 Å². The summed E-state index contributed by atoms with van der Waals surface area (Å²) >= 11 is 0. The van der Waals surface area contributed by atoms with E-state index in [9.17, 15) is 14.7 Å². The molecule has 0 aromatic carbocycles. The van der Waals surface area contributed by atoms with Crippen LogP contribution in [0.1, 0.15) is 39.5 Å². The SMILES string of the molecule is C=C1C(=O)OC2CCC(C)C3(O)CCC(=O)C3(C)C12. The highest BCUT2D eigenvalue weighted by atomic mass is 16.6. The molecule has 104 valence electrons. The van der Waals surface area contributed by atoms with Crippen LogP contribution in [-0.2, 0) is 14.3 Å². The van der Waals surface area contributed by atoms with Crippen LogP contribution in [0.25, 0.3) is 0 Å². The van der Waals surface area contributed by atoms with E-state index in [1.54, 1.807) is 6.92 Å². The van der Waals surface area contributed by atoms with Crippen molar-refractivity contribution in [3.8, 4) is 0 Å². The summed E-state index contributed by atoms with van der Waals surface area (Å²) in [7, 11) is 0. The molecule has 0 aromatic rings. The number of hydrogen-bond donors (Lipinski definition) is 1. The molecule has 0 bridgehead atoms. The molecule has 1 saturated heterocycles. The number of esters is 1. The molecule has 5 atom stereocenters. The lowest BCUT2D eigenvalue weighted by Crippen LogP contribution is -2.54. The Kier molecular flexibility index (Phi) is 2.50. The second-order valence-corrected chi connectivity index (χ2v) is 6.47. The molecule has 0 spiro atoms. The number of ether oxygens (including phenoxy) is 1. The fraction of sp³-hybridized carbons (Fsp3) is 0.733. The van der Waals surface area contributed by atoms with Gasteiger partial charge in [-0.3, -0.25) is 4.79 Å². The lowest BCUT2D eigenvalue weighted by atomic mass is 9.61. The number of hydrogen-bond acceptors (Lipinski definition) is 4. The number of aliphatic hydroxyl groups is 1. The van der Waals surface area contributed by atoms with Gasteiger partial charge in [0.1, 0.15) is 11.9 Å². The van der Waals surface area contributed by atoms with E-state index in [2.05, 4.69) is 6.58 Å². The molecule has 1 N–H and O–H groups in total. The maximum absolute atomic E-state index is 12.5. The molecule has 19 heavy (non-hydrogen) atoms. The van der Waals surface area contributed by atoms with E-state index in [4.69, 9.17) is 4.74 Å². The van der Waals surface area contributed by atoms with Crippen molar-refractivity contribution in [3.05, 3.63) is 12.2 Å². The fourth-order valence-corrected chi connectivity index (χ4v) is 4.50. The number of carbonyl (C=O) groups excluding carboxylic acids is 2. The topological polar surface area (TPSA) is 63.6 Å². The molecule has 3 fully saturated rings. The Bertz CT molecular complexity index is 483. The minimum Gasteiger partial charge on any atom is -0.458 e. The summed E-state index contributed by atoms with van der Waals surface area (Å²) in [6, 6.07) is 0. The van der Waals surface area contributed by atoms with Crippen molar-refractivity contribution < 1.29 is 19.4 Å². The van der Waals surface area contributed by atoms with Crippen LogP contribution in [0.3, 0.4) is 0 Å². The summed E-state index contributed by atoms with van der Waals surface area (Å²) < 4.78 is 5.37. The predicted molar refractivity (Wildman–Crippen MR) is 68.2 cm³/mol. The zero-order chi connectivity index (χ0) is 14.0. The van der Waals surface area contributed by atoms with Gasteiger partial charge in [-0.1, -0.05) is 13.5 Å². The highest BCUT2D eigenvalue weighted by molar-refractivity contribution is 5.96. The van der Waals surface area contributed by atoms with E-state index in [1.165, 1.54) is 0 Å². The average molecular weight is 264 g/mol. The Hall–Kier alpha value is -1.16. The van der Waals surface area contributed by atoms with E-state index in [0.717, 1.165) is 6.42 Å². The summed E-state index contributed by atoms with van der Waals surface area (Å²) in [5.41, 5.74) is -1.62. The first-order valence-electron chi connectivity index (χ1n) is 6.98. The van der Waals surface area contributed by atoms with Gasteiger partial charge < -0.3 is 9.84 Å². The molecule has 2 saturated carbocycles. The molecule has 4 heteroatoms. The summed E-state index contributed by atoms with van der Waals surface area (Å²) in [6.07, 6.45) is 2.02. The Balaban J connectivity index is 2.17. The number of carbonyl (C=O) groups is 2. The third-order valence-corrected chi connectivity index (χ3v) is 5.80. The van der Waals surface area contributed by atoms with Crippen molar-refractivity contribution >= 4 is 11.8 Å². The molecule has 0 aromatic heterocycles. The summed E-state index contributed by atoms with van der Waals surface area (Å²) in [5.74, 6) is -0.711. The van der Waals surface area contributed by atoms with Gasteiger partial charge in [0.05, 0.1) is 11.0 Å². The molecule has 4 nitrogen and oxygen atoms in total. The Labute approximate surface area is 112 Å². The van der Waals surface area contributed by atoms with Gasteiger partial charge in [0.25, 0.3) is 0 Å². The Morgan fingerprint density at radius 1 is 1.37 bits per heavy atom. The Morgan fingerprint density at radius 2 is 2.05 bits per heavy atom. The van der Waals surface area contributed by atoms with Crippen molar-refractivity contribution in [1.82, 2.24) is 0 Å². The molecule has 3 rings (SSSR count). The van der Waals surface area contributed by atoms with E-state index >= 15 is 0 Å². The van der Waals surface area contributed by atoms with Crippen LogP contribution in [0, 0.1) is 17.3 Å². The molecular weight excluding hydrogens is 244 g/mol. The van der Waals surface area contributed by atoms with Crippen molar-refractivity contribution in [1.29, 1.82) is 0 Å². The number of rotatable bonds is 0. The monoisotopic (exact) mass is 264 g/mol. The zero-order valence-electron chi connectivity index (χ0n) is 11.4. The molecule has 2 aliphatic carbocycles. The van der Waals surface area contributed by atoms with Crippen molar-refractivity contribution in [2.75, 3.05) is 0 Å². The summed E-state index contributed by atoms with van der Waals surface area (Å²) in [5, 5.41) is 11.1. The highest BCUT2D eigenvalue weighted by Crippen LogP contribution is 2.60. The van der Waals surface area contributed by atoms with Crippen LogP contribution in [-0.4, -0.2) is 28.6 Å². The number of Topliss-reactive ketones (excluding diaryl/α,β-unsaturated/α-hetero) is 1. The van der Waals surface area contributed by atoms with E-state index in [-0.39, 0.29) is 23.7 Å². The molecular formula is C15H20O4. The molecule has 0 amide bonds. The second-order valence-electron chi connectivity index (χ2n) is 6.47. The molecule has 1 aliphatic heterocycles. The zero-order valence-corrected chi connectivity index (χ0v) is 11.4. The normalized spacial score (nSPS) is 49.6. The third kappa shape index (κ3) is 1.33. The fourth-order valence-electron chi connectivity index (χ4n) is 4.50. The first-order chi connectivity index (χ1) is 8.82. The number of ketones is 1. The average Bonchev–Trinajstić information content (AvgIpc) is 2.75. The maximum atomic E-state index is 12.5. The van der Waals surface area contributed by atoms with Crippen LogP contribution in [0.4, 0.5) is 0 Å². The van der Waals surface area contributed by atoms with Crippen LogP contribution in [0.2, 0.25) is 0 Å². The van der Waals surface area contributed by atoms with Gasteiger partial charge in [-0.05, 0) is 32.1 Å².